The van der Waals surface area contributed by atoms with Gasteiger partial charge in [-0.25, -0.2) is 13.6 Å². The summed E-state index contributed by atoms with van der Waals surface area (Å²) >= 11 is 0. The van der Waals surface area contributed by atoms with Crippen LogP contribution in [-0.4, -0.2) is 30.0 Å². The minimum Gasteiger partial charge on any atom is -0.372 e. The number of sulfonamides is 1. The molecule has 0 atom stereocenters. The molecule has 0 saturated carbocycles. The molecule has 0 spiro atoms. The maximum absolute atomic E-state index is 13.0. The number of nitrogens with two attached hydrogens (primary N) is 1. The van der Waals surface area contributed by atoms with Crippen LogP contribution in [-0.2, 0) is 14.8 Å². The first kappa shape index (κ1) is 24.1. The molecule has 0 aliphatic carbocycles. The van der Waals surface area contributed by atoms with E-state index in [1.54, 1.807) is 63.2 Å². The minimum absolute atomic E-state index is 0.0420. The molecular weight excluding hydrogens is 466 g/mol. The van der Waals surface area contributed by atoms with Gasteiger partial charge < -0.3 is 15.2 Å². The number of aromatic nitrogens is 2. The molecule has 3 aromatic carbocycles. The first-order valence-electron chi connectivity index (χ1n) is 10.8. The molecule has 9 nitrogen and oxygen atoms in total. The van der Waals surface area contributed by atoms with Crippen molar-refractivity contribution in [1.29, 1.82) is 0 Å². The Bertz CT molecular complexity index is 1480. The van der Waals surface area contributed by atoms with E-state index in [2.05, 4.69) is 20.8 Å². The van der Waals surface area contributed by atoms with Crippen molar-refractivity contribution in [1.82, 2.24) is 10.1 Å². The molecule has 0 unspecified atom stereocenters. The van der Waals surface area contributed by atoms with Gasteiger partial charge in [-0.15, -0.1) is 0 Å². The van der Waals surface area contributed by atoms with Gasteiger partial charge >= 0.3 is 0 Å². The van der Waals surface area contributed by atoms with Gasteiger partial charge in [0.1, 0.15) is 5.54 Å². The quantitative estimate of drug-likeness (QED) is 0.352. The molecule has 1 amide bonds. The number of primary sulfonamides is 1. The number of nitrogens with zero attached hydrogens (tertiary/aromatic N) is 2. The van der Waals surface area contributed by atoms with Crippen LogP contribution in [0.4, 0.5) is 11.4 Å². The number of rotatable bonds is 7. The first-order valence-corrected chi connectivity index (χ1v) is 12.3. The van der Waals surface area contributed by atoms with Crippen LogP contribution in [0.1, 0.15) is 19.7 Å². The second-order valence-corrected chi connectivity index (χ2v) is 10.1. The van der Waals surface area contributed by atoms with E-state index in [1.165, 1.54) is 6.07 Å². The monoisotopic (exact) mass is 491 g/mol. The van der Waals surface area contributed by atoms with E-state index in [0.29, 0.717) is 28.5 Å². The molecule has 0 aliphatic heterocycles. The van der Waals surface area contributed by atoms with E-state index in [1.807, 2.05) is 24.3 Å². The lowest BCUT2D eigenvalue weighted by Gasteiger charge is -2.26. The van der Waals surface area contributed by atoms with Crippen LogP contribution in [0.3, 0.4) is 0 Å². The normalized spacial score (nSPS) is 11.8. The second kappa shape index (κ2) is 9.32. The average Bonchev–Trinajstić information content (AvgIpc) is 3.25. The third-order valence-electron chi connectivity index (χ3n) is 5.32. The van der Waals surface area contributed by atoms with Crippen molar-refractivity contribution in [3.05, 3.63) is 78.7 Å². The zero-order valence-corrected chi connectivity index (χ0v) is 20.3. The highest BCUT2D eigenvalue weighted by molar-refractivity contribution is 7.89. The number of carbonyl (C=O) groups is 1. The molecule has 0 aliphatic rings. The molecule has 0 fully saturated rings. The van der Waals surface area contributed by atoms with Gasteiger partial charge in [0.05, 0.1) is 4.90 Å². The number of aryl methyl sites for hydroxylation is 1. The van der Waals surface area contributed by atoms with Gasteiger partial charge in [-0.1, -0.05) is 47.6 Å². The highest BCUT2D eigenvalue weighted by atomic mass is 32.2. The first-order chi connectivity index (χ1) is 16.5. The molecule has 0 bridgehead atoms. The van der Waals surface area contributed by atoms with Gasteiger partial charge in [-0.3, -0.25) is 4.79 Å². The lowest BCUT2D eigenvalue weighted by Crippen LogP contribution is -2.44. The minimum atomic E-state index is -3.87. The van der Waals surface area contributed by atoms with Crippen LogP contribution < -0.4 is 15.8 Å². The summed E-state index contributed by atoms with van der Waals surface area (Å²) in [4.78, 5) is 17.3. The Morgan fingerprint density at radius 2 is 1.66 bits per heavy atom. The SMILES string of the molecule is Cc1nc(-c2cccc(NC(C)(C)C(=O)Nc3ccc(-c4ccccc4S(N)(=O)=O)cc3)c2)no1. The standard InChI is InChI=1S/C25H25N5O4S/c1-16-27-23(30-34-16)18-7-6-8-20(15-18)29-25(2,3)24(31)28-19-13-11-17(12-14-19)21-9-4-5-10-22(21)35(26,32)33/h4-15,29H,1-3H3,(H,28,31)(H2,26,32,33). The van der Waals surface area contributed by atoms with E-state index in [4.69, 9.17) is 9.66 Å². The van der Waals surface area contributed by atoms with Crippen molar-refractivity contribution < 1.29 is 17.7 Å². The summed E-state index contributed by atoms with van der Waals surface area (Å²) in [5.74, 6) is 0.686. The number of hydrogen-bond acceptors (Lipinski definition) is 7. The Kier molecular flexibility index (Phi) is 6.42. The van der Waals surface area contributed by atoms with E-state index in [9.17, 15) is 13.2 Å². The molecule has 1 aromatic heterocycles. The predicted octanol–water partition coefficient (Wildman–Crippen LogP) is 4.19. The summed E-state index contributed by atoms with van der Waals surface area (Å²) in [7, 11) is -3.87. The number of amides is 1. The van der Waals surface area contributed by atoms with Crippen molar-refractivity contribution in [2.75, 3.05) is 10.6 Å². The number of carbonyl (C=O) groups excluding carboxylic acids is 1. The average molecular weight is 492 g/mol. The van der Waals surface area contributed by atoms with Gasteiger partial charge in [0.15, 0.2) is 0 Å². The lowest BCUT2D eigenvalue weighted by atomic mass is 10.0. The Balaban J connectivity index is 1.48. The van der Waals surface area contributed by atoms with E-state index < -0.39 is 15.6 Å². The third kappa shape index (κ3) is 5.56. The van der Waals surface area contributed by atoms with Crippen molar-refractivity contribution >= 4 is 27.3 Å². The number of anilines is 2. The Morgan fingerprint density at radius 3 is 2.31 bits per heavy atom. The molecule has 4 aromatic rings. The fraction of sp³-hybridized carbons (Fsp3) is 0.160. The molecule has 0 radical (unpaired) electrons. The Morgan fingerprint density at radius 1 is 0.943 bits per heavy atom. The highest BCUT2D eigenvalue weighted by Gasteiger charge is 2.28. The van der Waals surface area contributed by atoms with Gasteiger partial charge in [0.25, 0.3) is 0 Å². The summed E-state index contributed by atoms with van der Waals surface area (Å²) in [6, 6.07) is 20.8. The number of benzene rings is 3. The summed E-state index contributed by atoms with van der Waals surface area (Å²) in [6.07, 6.45) is 0. The zero-order valence-electron chi connectivity index (χ0n) is 19.4. The van der Waals surface area contributed by atoms with Crippen LogP contribution in [0.25, 0.3) is 22.5 Å². The van der Waals surface area contributed by atoms with Crippen LogP contribution in [0, 0.1) is 6.92 Å². The Hall–Kier alpha value is -4.02. The molecule has 0 saturated heterocycles. The molecule has 180 valence electrons. The van der Waals surface area contributed by atoms with Gasteiger partial charge in [-0.05, 0) is 49.7 Å². The van der Waals surface area contributed by atoms with Crippen LogP contribution in [0.5, 0.6) is 0 Å². The largest absolute Gasteiger partial charge is 0.372 e. The molecule has 10 heteroatoms. The summed E-state index contributed by atoms with van der Waals surface area (Å²) < 4.78 is 28.9. The Labute approximate surface area is 203 Å². The zero-order chi connectivity index (χ0) is 25.2. The van der Waals surface area contributed by atoms with Crippen LogP contribution >= 0.6 is 0 Å². The predicted molar refractivity (Wildman–Crippen MR) is 134 cm³/mol. The fourth-order valence-electron chi connectivity index (χ4n) is 3.54. The molecular formula is C25H25N5O4S. The highest BCUT2D eigenvalue weighted by Crippen LogP contribution is 2.28. The fourth-order valence-corrected chi connectivity index (χ4v) is 4.30. The second-order valence-electron chi connectivity index (χ2n) is 8.54. The van der Waals surface area contributed by atoms with Crippen molar-refractivity contribution in [3.8, 4) is 22.5 Å². The molecule has 4 N–H and O–H groups in total. The summed E-state index contributed by atoms with van der Waals surface area (Å²) in [5, 5.41) is 15.4. The van der Waals surface area contributed by atoms with Gasteiger partial charge in [0.2, 0.25) is 27.6 Å². The third-order valence-corrected chi connectivity index (χ3v) is 6.29. The summed E-state index contributed by atoms with van der Waals surface area (Å²) in [6.45, 7) is 5.26. The maximum Gasteiger partial charge on any atom is 0.249 e. The molecule has 4 rings (SSSR count). The molecule has 1 heterocycles. The number of nitrogens with one attached hydrogen (secondary N) is 2. The maximum atomic E-state index is 13.0. The number of hydrogen-bond donors (Lipinski definition) is 3. The van der Waals surface area contributed by atoms with Crippen molar-refractivity contribution in [2.24, 2.45) is 5.14 Å². The van der Waals surface area contributed by atoms with Gasteiger partial charge in [-0.2, -0.15) is 4.98 Å². The summed E-state index contributed by atoms with van der Waals surface area (Å²) in [5.41, 5.74) is 2.26. The lowest BCUT2D eigenvalue weighted by molar-refractivity contribution is -0.119. The van der Waals surface area contributed by atoms with Crippen molar-refractivity contribution in [3.63, 3.8) is 0 Å². The van der Waals surface area contributed by atoms with Crippen molar-refractivity contribution in [2.45, 2.75) is 31.2 Å². The van der Waals surface area contributed by atoms with Crippen LogP contribution in [0.15, 0.2) is 82.2 Å². The van der Waals surface area contributed by atoms with E-state index >= 15 is 0 Å². The smallest absolute Gasteiger partial charge is 0.249 e. The van der Waals surface area contributed by atoms with Crippen LogP contribution in [0.2, 0.25) is 0 Å². The van der Waals surface area contributed by atoms with E-state index in [-0.39, 0.29) is 10.8 Å². The van der Waals surface area contributed by atoms with E-state index in [0.717, 1.165) is 11.3 Å². The molecule has 35 heavy (non-hydrogen) atoms. The topological polar surface area (TPSA) is 140 Å². The van der Waals surface area contributed by atoms with Gasteiger partial charge in [0, 0.05) is 29.4 Å².